The molecule has 0 fully saturated rings. The Balaban J connectivity index is 2.54. The number of amides is 1. The second-order valence-electron chi connectivity index (χ2n) is 4.93. The zero-order chi connectivity index (χ0) is 14.5. The lowest BCUT2D eigenvalue weighted by molar-refractivity contribution is -0.147. The summed E-state index contributed by atoms with van der Waals surface area (Å²) < 4.78 is 5.04. The maximum Gasteiger partial charge on any atom is 0.309 e. The smallest absolute Gasteiger partial charge is 0.309 e. The van der Waals surface area contributed by atoms with Crippen LogP contribution in [0.3, 0.4) is 0 Å². The maximum atomic E-state index is 11.9. The van der Waals surface area contributed by atoms with Crippen LogP contribution in [0.5, 0.6) is 5.75 Å². The molecule has 19 heavy (non-hydrogen) atoms. The highest BCUT2D eigenvalue weighted by molar-refractivity contribution is 5.94. The van der Waals surface area contributed by atoms with E-state index in [1.54, 1.807) is 38.1 Å². The Morgan fingerprint density at radius 1 is 1.37 bits per heavy atom. The van der Waals surface area contributed by atoms with E-state index in [9.17, 15) is 9.59 Å². The first-order valence-electron chi connectivity index (χ1n) is 6.02. The van der Waals surface area contributed by atoms with Crippen LogP contribution in [0.2, 0.25) is 0 Å². The second-order valence-corrected chi connectivity index (χ2v) is 4.93. The Morgan fingerprint density at radius 2 is 2.05 bits per heavy atom. The molecule has 0 spiro atoms. The molecule has 0 saturated carbocycles. The van der Waals surface area contributed by atoms with E-state index >= 15 is 0 Å². The van der Waals surface area contributed by atoms with Gasteiger partial charge < -0.3 is 15.2 Å². The first-order chi connectivity index (χ1) is 8.86. The van der Waals surface area contributed by atoms with Gasteiger partial charge in [-0.25, -0.2) is 0 Å². The van der Waals surface area contributed by atoms with Crippen LogP contribution in [0.25, 0.3) is 0 Å². The summed E-state index contributed by atoms with van der Waals surface area (Å²) in [6.45, 7) is 3.58. The van der Waals surface area contributed by atoms with Gasteiger partial charge in [0.25, 0.3) is 5.91 Å². The summed E-state index contributed by atoms with van der Waals surface area (Å²) in [6.07, 6.45) is 0.373. The first kappa shape index (κ1) is 15.0. The lowest BCUT2D eigenvalue weighted by atomic mass is 9.90. The Bertz CT molecular complexity index is 468. The van der Waals surface area contributed by atoms with Crippen molar-refractivity contribution in [1.82, 2.24) is 5.32 Å². The van der Waals surface area contributed by atoms with E-state index < -0.39 is 11.4 Å². The second kappa shape index (κ2) is 6.22. The average molecular weight is 265 g/mol. The summed E-state index contributed by atoms with van der Waals surface area (Å²) >= 11 is 0. The maximum absolute atomic E-state index is 11.9. The van der Waals surface area contributed by atoms with Crippen molar-refractivity contribution in [3.8, 4) is 5.75 Å². The molecule has 0 aliphatic carbocycles. The number of methoxy groups -OCH3 is 1. The fraction of sp³-hybridized carbons (Fsp3) is 0.429. The Hall–Kier alpha value is -2.04. The van der Waals surface area contributed by atoms with Crippen LogP contribution in [-0.4, -0.2) is 30.6 Å². The van der Waals surface area contributed by atoms with Crippen LogP contribution in [0.4, 0.5) is 0 Å². The van der Waals surface area contributed by atoms with Crippen molar-refractivity contribution in [2.45, 2.75) is 20.3 Å². The number of carbonyl (C=O) groups excluding carboxylic acids is 1. The largest absolute Gasteiger partial charge is 0.497 e. The molecule has 0 atom stereocenters. The first-order valence-corrected chi connectivity index (χ1v) is 6.02. The van der Waals surface area contributed by atoms with Gasteiger partial charge in [0.05, 0.1) is 12.5 Å². The van der Waals surface area contributed by atoms with E-state index in [1.165, 1.54) is 7.11 Å². The van der Waals surface area contributed by atoms with E-state index in [-0.39, 0.29) is 5.91 Å². The lowest BCUT2D eigenvalue weighted by Gasteiger charge is -2.18. The number of benzene rings is 1. The molecule has 0 aliphatic heterocycles. The van der Waals surface area contributed by atoms with Gasteiger partial charge in [-0.3, -0.25) is 9.59 Å². The monoisotopic (exact) mass is 265 g/mol. The van der Waals surface area contributed by atoms with Crippen LogP contribution >= 0.6 is 0 Å². The van der Waals surface area contributed by atoms with Gasteiger partial charge in [-0.1, -0.05) is 6.07 Å². The third kappa shape index (κ3) is 4.28. The molecular weight excluding hydrogens is 246 g/mol. The van der Waals surface area contributed by atoms with Gasteiger partial charge in [0.2, 0.25) is 0 Å². The number of carboxylic acids is 1. The zero-order valence-electron chi connectivity index (χ0n) is 11.4. The number of hydrogen-bond donors (Lipinski definition) is 2. The van der Waals surface area contributed by atoms with Crippen LogP contribution < -0.4 is 10.1 Å². The van der Waals surface area contributed by atoms with Crippen LogP contribution in [0.15, 0.2) is 24.3 Å². The number of hydrogen-bond acceptors (Lipinski definition) is 3. The van der Waals surface area contributed by atoms with E-state index in [1.807, 2.05) is 0 Å². The number of carbonyl (C=O) groups is 2. The van der Waals surface area contributed by atoms with E-state index in [0.717, 1.165) is 0 Å². The summed E-state index contributed by atoms with van der Waals surface area (Å²) in [4.78, 5) is 22.8. The van der Waals surface area contributed by atoms with Crippen LogP contribution in [0, 0.1) is 5.41 Å². The third-order valence-electron chi connectivity index (χ3n) is 2.95. The summed E-state index contributed by atoms with van der Waals surface area (Å²) in [6, 6.07) is 6.80. The van der Waals surface area contributed by atoms with Gasteiger partial charge >= 0.3 is 5.97 Å². The van der Waals surface area contributed by atoms with Crippen LogP contribution in [0.1, 0.15) is 30.6 Å². The lowest BCUT2D eigenvalue weighted by Crippen LogP contribution is -2.31. The SMILES string of the molecule is COc1cccc(C(=O)NCCC(C)(C)C(=O)O)c1. The number of nitrogens with one attached hydrogen (secondary N) is 1. The fourth-order valence-corrected chi connectivity index (χ4v) is 1.46. The van der Waals surface area contributed by atoms with Gasteiger partial charge in [0.1, 0.15) is 5.75 Å². The standard InChI is InChI=1S/C14H19NO4/c1-14(2,13(17)18)7-8-15-12(16)10-5-4-6-11(9-10)19-3/h4-6,9H,7-8H2,1-3H3,(H,15,16)(H,17,18). The minimum Gasteiger partial charge on any atom is -0.497 e. The molecule has 5 nitrogen and oxygen atoms in total. The van der Waals surface area contributed by atoms with Crippen LogP contribution in [-0.2, 0) is 4.79 Å². The van der Waals surface area contributed by atoms with Gasteiger partial charge in [0, 0.05) is 12.1 Å². The number of ether oxygens (including phenoxy) is 1. The van der Waals surface area contributed by atoms with Crippen molar-refractivity contribution in [3.63, 3.8) is 0 Å². The Morgan fingerprint density at radius 3 is 2.63 bits per heavy atom. The number of rotatable bonds is 6. The van der Waals surface area contributed by atoms with Crippen molar-refractivity contribution in [1.29, 1.82) is 0 Å². The van der Waals surface area contributed by atoms with Gasteiger partial charge in [-0.15, -0.1) is 0 Å². The van der Waals surface area contributed by atoms with Gasteiger partial charge in [0.15, 0.2) is 0 Å². The molecule has 0 aromatic heterocycles. The van der Waals surface area contributed by atoms with E-state index in [4.69, 9.17) is 9.84 Å². The molecule has 0 radical (unpaired) electrons. The minimum atomic E-state index is -0.872. The highest BCUT2D eigenvalue weighted by atomic mass is 16.5. The number of carboxylic acid groups (broad SMARTS) is 1. The van der Waals surface area contributed by atoms with E-state index in [0.29, 0.717) is 24.3 Å². The van der Waals surface area contributed by atoms with Crippen molar-refractivity contribution >= 4 is 11.9 Å². The van der Waals surface area contributed by atoms with Crippen molar-refractivity contribution in [2.75, 3.05) is 13.7 Å². The van der Waals surface area contributed by atoms with Crippen molar-refractivity contribution in [2.24, 2.45) is 5.41 Å². The molecule has 0 bridgehead atoms. The normalized spacial score (nSPS) is 10.9. The highest BCUT2D eigenvalue weighted by Gasteiger charge is 2.26. The Kier molecular flexibility index (Phi) is 4.92. The molecule has 2 N–H and O–H groups in total. The molecule has 0 saturated heterocycles. The summed E-state index contributed by atoms with van der Waals surface area (Å²) in [7, 11) is 1.53. The molecule has 1 aromatic carbocycles. The third-order valence-corrected chi connectivity index (χ3v) is 2.95. The highest BCUT2D eigenvalue weighted by Crippen LogP contribution is 2.19. The van der Waals surface area contributed by atoms with E-state index in [2.05, 4.69) is 5.32 Å². The fourth-order valence-electron chi connectivity index (χ4n) is 1.46. The van der Waals surface area contributed by atoms with Gasteiger partial charge in [-0.05, 0) is 38.5 Å². The van der Waals surface area contributed by atoms with Gasteiger partial charge in [-0.2, -0.15) is 0 Å². The zero-order valence-corrected chi connectivity index (χ0v) is 11.4. The molecule has 5 heteroatoms. The van der Waals surface area contributed by atoms with Crippen molar-refractivity contribution < 1.29 is 19.4 Å². The predicted molar refractivity (Wildman–Crippen MR) is 71.4 cm³/mol. The average Bonchev–Trinajstić information content (AvgIpc) is 2.38. The minimum absolute atomic E-state index is 0.236. The summed E-state index contributed by atoms with van der Waals surface area (Å²) in [5, 5.41) is 11.7. The molecule has 1 amide bonds. The molecule has 1 rings (SSSR count). The molecule has 0 aliphatic rings. The van der Waals surface area contributed by atoms with Crippen molar-refractivity contribution in [3.05, 3.63) is 29.8 Å². The summed E-state index contributed by atoms with van der Waals surface area (Å²) in [5.74, 6) is -0.498. The number of aliphatic carboxylic acids is 1. The molecule has 0 unspecified atom stereocenters. The quantitative estimate of drug-likeness (QED) is 0.824. The molecular formula is C14H19NO4. The topological polar surface area (TPSA) is 75.6 Å². The Labute approximate surface area is 112 Å². The predicted octanol–water partition coefficient (Wildman–Crippen LogP) is 1.93. The molecule has 0 heterocycles. The molecule has 1 aromatic rings. The molecule has 104 valence electrons. The summed E-state index contributed by atoms with van der Waals surface area (Å²) in [5.41, 5.74) is -0.353.